The molecule has 0 radical (unpaired) electrons. The molecule has 0 spiro atoms. The summed E-state index contributed by atoms with van der Waals surface area (Å²) in [5, 5.41) is 21.5. The molecule has 1 saturated heterocycles. The van der Waals surface area contributed by atoms with Gasteiger partial charge < -0.3 is 20.1 Å². The van der Waals surface area contributed by atoms with E-state index in [4.69, 9.17) is 4.74 Å². The molecule has 2 N–H and O–H groups in total. The Labute approximate surface area is 156 Å². The van der Waals surface area contributed by atoms with E-state index in [9.17, 15) is 14.3 Å². The number of piperidine rings is 1. The second-order valence-electron chi connectivity index (χ2n) is 6.66. The van der Waals surface area contributed by atoms with Crippen molar-refractivity contribution in [1.82, 2.24) is 25.2 Å². The summed E-state index contributed by atoms with van der Waals surface area (Å²) in [4.78, 5) is 14.3. The molecule has 8 nitrogen and oxygen atoms in total. The zero-order valence-corrected chi connectivity index (χ0v) is 15.3. The van der Waals surface area contributed by atoms with E-state index in [2.05, 4.69) is 15.6 Å². The summed E-state index contributed by atoms with van der Waals surface area (Å²) in [6.07, 6.45) is 4.36. The summed E-state index contributed by atoms with van der Waals surface area (Å²) in [6, 6.07) is 4.43. The molecule has 1 fully saturated rings. The van der Waals surface area contributed by atoms with Gasteiger partial charge in [0.2, 0.25) is 0 Å². The zero-order valence-electron chi connectivity index (χ0n) is 15.3. The summed E-state index contributed by atoms with van der Waals surface area (Å²) < 4.78 is 20.9. The maximum absolute atomic E-state index is 14.1. The Morgan fingerprint density at radius 3 is 3.04 bits per heavy atom. The Morgan fingerprint density at radius 1 is 1.44 bits per heavy atom. The third kappa shape index (κ3) is 4.61. The van der Waals surface area contributed by atoms with Crippen LogP contribution in [0.15, 0.2) is 30.6 Å². The Morgan fingerprint density at radius 2 is 2.30 bits per heavy atom. The SMILES string of the molecule is COc1ccc(F)c(CN2CCC[C@](O)(CNCCn3ccnn3)C2=O)c1. The van der Waals surface area contributed by atoms with Crippen molar-refractivity contribution in [2.75, 3.05) is 26.7 Å². The standard InChI is InChI=1S/C18H24FN5O3/c1-27-15-3-4-16(19)14(11-15)12-23-8-2-5-18(26,17(23)25)13-20-6-9-24-10-7-21-22-24/h3-4,7,10-11,20,26H,2,5-6,8-9,12-13H2,1H3/t18-/m0/s1. The average molecular weight is 377 g/mol. The minimum atomic E-state index is -1.49. The van der Waals surface area contributed by atoms with Gasteiger partial charge in [-0.3, -0.25) is 9.48 Å². The number of carbonyl (C=O) groups excluding carboxylic acids is 1. The predicted molar refractivity (Wildman–Crippen MR) is 95.4 cm³/mol. The Bertz CT molecular complexity index is 770. The molecule has 2 aromatic rings. The largest absolute Gasteiger partial charge is 0.497 e. The average Bonchev–Trinajstić information content (AvgIpc) is 3.18. The number of nitrogens with zero attached hydrogens (tertiary/aromatic N) is 4. The number of nitrogens with one attached hydrogen (secondary N) is 1. The molecule has 3 rings (SSSR count). The van der Waals surface area contributed by atoms with Crippen LogP contribution in [0.4, 0.5) is 4.39 Å². The lowest BCUT2D eigenvalue weighted by molar-refractivity contribution is -0.157. The van der Waals surface area contributed by atoms with Gasteiger partial charge in [-0.25, -0.2) is 4.39 Å². The van der Waals surface area contributed by atoms with E-state index >= 15 is 0 Å². The van der Waals surface area contributed by atoms with Crippen LogP contribution in [0.2, 0.25) is 0 Å². The van der Waals surface area contributed by atoms with Crippen molar-refractivity contribution >= 4 is 5.91 Å². The van der Waals surface area contributed by atoms with Crippen LogP contribution in [0.5, 0.6) is 5.75 Å². The van der Waals surface area contributed by atoms with Gasteiger partial charge >= 0.3 is 0 Å². The molecule has 146 valence electrons. The van der Waals surface area contributed by atoms with Gasteiger partial charge in [-0.1, -0.05) is 5.21 Å². The second-order valence-corrected chi connectivity index (χ2v) is 6.66. The van der Waals surface area contributed by atoms with E-state index in [1.54, 1.807) is 23.1 Å². The van der Waals surface area contributed by atoms with E-state index in [-0.39, 0.29) is 19.0 Å². The minimum Gasteiger partial charge on any atom is -0.497 e. The van der Waals surface area contributed by atoms with Gasteiger partial charge in [0.25, 0.3) is 5.91 Å². The number of methoxy groups -OCH3 is 1. The number of rotatable bonds is 8. The minimum absolute atomic E-state index is 0.100. The number of aliphatic hydroxyl groups is 1. The third-order valence-corrected chi connectivity index (χ3v) is 4.72. The fourth-order valence-corrected chi connectivity index (χ4v) is 3.23. The first kappa shape index (κ1) is 19.2. The van der Waals surface area contributed by atoms with Crippen LogP contribution in [0.1, 0.15) is 18.4 Å². The second kappa shape index (κ2) is 8.45. The number of amides is 1. The van der Waals surface area contributed by atoms with E-state index in [1.165, 1.54) is 24.1 Å². The van der Waals surface area contributed by atoms with Crippen LogP contribution in [0.3, 0.4) is 0 Å². The molecule has 27 heavy (non-hydrogen) atoms. The number of hydrogen-bond donors (Lipinski definition) is 2. The molecule has 1 amide bonds. The number of ether oxygens (including phenoxy) is 1. The molecule has 1 atom stereocenters. The highest BCUT2D eigenvalue weighted by Crippen LogP contribution is 2.25. The molecule has 1 aromatic carbocycles. The van der Waals surface area contributed by atoms with E-state index in [0.717, 1.165) is 0 Å². The van der Waals surface area contributed by atoms with Crippen LogP contribution in [-0.2, 0) is 17.9 Å². The fourth-order valence-electron chi connectivity index (χ4n) is 3.23. The van der Waals surface area contributed by atoms with Gasteiger partial charge in [-0.2, -0.15) is 0 Å². The quantitative estimate of drug-likeness (QED) is 0.654. The van der Waals surface area contributed by atoms with Gasteiger partial charge in [0, 0.05) is 37.9 Å². The maximum Gasteiger partial charge on any atom is 0.256 e. The molecule has 0 bridgehead atoms. The molecule has 2 heterocycles. The van der Waals surface area contributed by atoms with Crippen molar-refractivity contribution < 1.29 is 19.0 Å². The number of carbonyl (C=O) groups is 1. The van der Waals surface area contributed by atoms with Gasteiger partial charge in [0.15, 0.2) is 5.60 Å². The monoisotopic (exact) mass is 377 g/mol. The van der Waals surface area contributed by atoms with Crippen molar-refractivity contribution in [3.63, 3.8) is 0 Å². The number of halogens is 1. The topological polar surface area (TPSA) is 92.5 Å². The van der Waals surface area contributed by atoms with Gasteiger partial charge in [0.05, 0.1) is 19.9 Å². The molecule has 1 aromatic heterocycles. The van der Waals surface area contributed by atoms with Crippen LogP contribution in [0, 0.1) is 5.82 Å². The molecule has 9 heteroatoms. The highest BCUT2D eigenvalue weighted by Gasteiger charge is 2.41. The Balaban J connectivity index is 1.59. The van der Waals surface area contributed by atoms with Gasteiger partial charge in [-0.05, 0) is 31.0 Å². The molecule has 0 unspecified atom stereocenters. The summed E-state index contributed by atoms with van der Waals surface area (Å²) >= 11 is 0. The fraction of sp³-hybridized carbons (Fsp3) is 0.500. The molecular weight excluding hydrogens is 353 g/mol. The Kier molecular flexibility index (Phi) is 6.02. The molecule has 0 saturated carbocycles. The first-order chi connectivity index (χ1) is 13.0. The van der Waals surface area contributed by atoms with Crippen LogP contribution >= 0.6 is 0 Å². The van der Waals surface area contributed by atoms with E-state index in [0.29, 0.717) is 43.8 Å². The van der Waals surface area contributed by atoms with E-state index < -0.39 is 11.4 Å². The number of hydrogen-bond acceptors (Lipinski definition) is 6. The van der Waals surface area contributed by atoms with Crippen molar-refractivity contribution in [2.24, 2.45) is 0 Å². The molecule has 1 aliphatic rings. The van der Waals surface area contributed by atoms with Crippen molar-refractivity contribution in [3.8, 4) is 5.75 Å². The first-order valence-electron chi connectivity index (χ1n) is 8.91. The van der Waals surface area contributed by atoms with E-state index in [1.807, 2.05) is 0 Å². The molecular formula is C18H24FN5O3. The molecule has 0 aliphatic carbocycles. The van der Waals surface area contributed by atoms with Gasteiger partial charge in [-0.15, -0.1) is 5.10 Å². The lowest BCUT2D eigenvalue weighted by Crippen LogP contribution is -2.57. The summed E-state index contributed by atoms with van der Waals surface area (Å²) in [7, 11) is 1.51. The van der Waals surface area contributed by atoms with Crippen molar-refractivity contribution in [1.29, 1.82) is 0 Å². The third-order valence-electron chi connectivity index (χ3n) is 4.72. The smallest absolute Gasteiger partial charge is 0.256 e. The normalized spacial score (nSPS) is 20.1. The summed E-state index contributed by atoms with van der Waals surface area (Å²) in [6.45, 7) is 1.85. The van der Waals surface area contributed by atoms with Crippen molar-refractivity contribution in [3.05, 3.63) is 42.0 Å². The highest BCUT2D eigenvalue weighted by atomic mass is 19.1. The van der Waals surface area contributed by atoms with Crippen LogP contribution in [0.25, 0.3) is 0 Å². The predicted octanol–water partition coefficient (Wildman–Crippen LogP) is 0.569. The zero-order chi connectivity index (χ0) is 19.3. The van der Waals surface area contributed by atoms with Gasteiger partial charge in [0.1, 0.15) is 11.6 Å². The maximum atomic E-state index is 14.1. The Hall–Kier alpha value is -2.52. The summed E-state index contributed by atoms with van der Waals surface area (Å²) in [5.74, 6) is -0.256. The number of likely N-dealkylation sites (tertiary alicyclic amines) is 1. The number of benzene rings is 1. The first-order valence-corrected chi connectivity index (χ1v) is 8.91. The van der Waals surface area contributed by atoms with Crippen LogP contribution < -0.4 is 10.1 Å². The lowest BCUT2D eigenvalue weighted by atomic mass is 9.91. The van der Waals surface area contributed by atoms with Crippen LogP contribution in [-0.4, -0.2) is 63.3 Å². The lowest BCUT2D eigenvalue weighted by Gasteiger charge is -2.38. The highest BCUT2D eigenvalue weighted by molar-refractivity contribution is 5.86. The summed E-state index contributed by atoms with van der Waals surface area (Å²) in [5.41, 5.74) is -1.12. The number of aromatic nitrogens is 3. The van der Waals surface area contributed by atoms with Crippen molar-refractivity contribution in [2.45, 2.75) is 31.5 Å². The molecule has 1 aliphatic heterocycles.